The van der Waals surface area contributed by atoms with Crippen molar-refractivity contribution in [2.24, 2.45) is 11.7 Å². The highest BCUT2D eigenvalue weighted by atomic mass is 19.1. The number of nitrogens with zero attached hydrogens (tertiary/aromatic N) is 2. The number of likely N-dealkylation sites (N-methyl/N-ethyl adjacent to an activating group) is 1. The zero-order chi connectivity index (χ0) is 15.3. The minimum atomic E-state index is -0.581. The highest BCUT2D eigenvalue weighted by Gasteiger charge is 2.20. The molecule has 0 aliphatic carbocycles. The molecule has 0 spiro atoms. The van der Waals surface area contributed by atoms with Crippen LogP contribution in [-0.4, -0.2) is 23.9 Å². The summed E-state index contributed by atoms with van der Waals surface area (Å²) in [6.07, 6.45) is 0.587. The molecule has 4 nitrogen and oxygen atoms in total. The first-order chi connectivity index (χ1) is 9.35. The molecule has 1 rings (SSSR count). The zero-order valence-corrected chi connectivity index (χ0v) is 12.1. The minimum absolute atomic E-state index is 0.103. The molecule has 0 saturated heterocycles. The van der Waals surface area contributed by atoms with Crippen LogP contribution in [0.4, 0.5) is 4.39 Å². The van der Waals surface area contributed by atoms with Crippen molar-refractivity contribution in [1.82, 2.24) is 4.90 Å². The van der Waals surface area contributed by atoms with Gasteiger partial charge in [-0.2, -0.15) is 5.26 Å². The summed E-state index contributed by atoms with van der Waals surface area (Å²) in [7, 11) is 1.58. The van der Waals surface area contributed by atoms with Crippen LogP contribution in [0.5, 0.6) is 0 Å². The average molecular weight is 277 g/mol. The van der Waals surface area contributed by atoms with Crippen molar-refractivity contribution in [3.8, 4) is 6.07 Å². The van der Waals surface area contributed by atoms with Gasteiger partial charge in [0.05, 0.1) is 17.7 Å². The first kappa shape index (κ1) is 16.1. The molecule has 108 valence electrons. The highest BCUT2D eigenvalue weighted by molar-refractivity contribution is 5.81. The number of rotatable bonds is 5. The molecular weight excluding hydrogens is 257 g/mol. The van der Waals surface area contributed by atoms with E-state index in [2.05, 4.69) is 0 Å². The van der Waals surface area contributed by atoms with E-state index in [1.54, 1.807) is 7.05 Å². The molecule has 5 heteroatoms. The predicted octanol–water partition coefficient (Wildman–Crippen LogP) is 2.03. The Balaban J connectivity index is 2.78. The van der Waals surface area contributed by atoms with Gasteiger partial charge in [0, 0.05) is 19.2 Å². The van der Waals surface area contributed by atoms with Crippen LogP contribution in [0.15, 0.2) is 18.2 Å². The van der Waals surface area contributed by atoms with Crippen LogP contribution in [0, 0.1) is 23.1 Å². The molecule has 0 aliphatic heterocycles. The highest BCUT2D eigenvalue weighted by Crippen LogP contribution is 2.13. The fraction of sp³-hybridized carbons (Fsp3) is 0.467. The van der Waals surface area contributed by atoms with E-state index < -0.39 is 11.9 Å². The number of hydrogen-bond acceptors (Lipinski definition) is 3. The van der Waals surface area contributed by atoms with Crippen molar-refractivity contribution >= 4 is 5.91 Å². The van der Waals surface area contributed by atoms with Gasteiger partial charge in [0.1, 0.15) is 5.82 Å². The van der Waals surface area contributed by atoms with Crippen LogP contribution in [-0.2, 0) is 11.3 Å². The molecule has 0 bridgehead atoms. The third-order valence-electron chi connectivity index (χ3n) is 3.00. The molecule has 2 N–H and O–H groups in total. The van der Waals surface area contributed by atoms with Crippen LogP contribution >= 0.6 is 0 Å². The van der Waals surface area contributed by atoms with Crippen molar-refractivity contribution in [3.05, 3.63) is 35.1 Å². The Bertz CT molecular complexity index is 522. The Morgan fingerprint density at radius 1 is 1.50 bits per heavy atom. The fourth-order valence-electron chi connectivity index (χ4n) is 1.99. The number of hydrogen-bond donors (Lipinski definition) is 1. The monoisotopic (exact) mass is 277 g/mol. The topological polar surface area (TPSA) is 70.1 Å². The molecule has 1 atom stereocenters. The van der Waals surface area contributed by atoms with E-state index in [1.807, 2.05) is 19.9 Å². The van der Waals surface area contributed by atoms with Crippen molar-refractivity contribution in [3.63, 3.8) is 0 Å². The van der Waals surface area contributed by atoms with E-state index in [4.69, 9.17) is 11.0 Å². The summed E-state index contributed by atoms with van der Waals surface area (Å²) < 4.78 is 13.7. The Hall–Kier alpha value is -1.93. The number of amides is 1. The first-order valence-corrected chi connectivity index (χ1v) is 6.54. The smallest absolute Gasteiger partial charge is 0.239 e. The maximum absolute atomic E-state index is 13.7. The number of carbonyl (C=O) groups is 1. The number of carbonyl (C=O) groups excluding carboxylic acids is 1. The van der Waals surface area contributed by atoms with Gasteiger partial charge in [-0.05, 0) is 30.5 Å². The quantitative estimate of drug-likeness (QED) is 0.895. The number of benzene rings is 1. The van der Waals surface area contributed by atoms with Gasteiger partial charge < -0.3 is 10.6 Å². The number of nitrogens with two attached hydrogens (primary N) is 1. The second-order valence-electron chi connectivity index (χ2n) is 5.35. The summed E-state index contributed by atoms with van der Waals surface area (Å²) in [6, 6.07) is 5.47. The molecule has 1 aromatic rings. The Morgan fingerprint density at radius 3 is 2.70 bits per heavy atom. The molecule has 0 fully saturated rings. The maximum atomic E-state index is 13.7. The summed E-state index contributed by atoms with van der Waals surface area (Å²) in [6.45, 7) is 4.08. The van der Waals surface area contributed by atoms with Gasteiger partial charge in [0.25, 0.3) is 0 Å². The lowest BCUT2D eigenvalue weighted by atomic mass is 10.0. The van der Waals surface area contributed by atoms with Gasteiger partial charge in [-0.3, -0.25) is 4.79 Å². The fourth-order valence-corrected chi connectivity index (χ4v) is 1.99. The van der Waals surface area contributed by atoms with Gasteiger partial charge >= 0.3 is 0 Å². The Morgan fingerprint density at radius 2 is 2.15 bits per heavy atom. The molecule has 0 radical (unpaired) electrons. The van der Waals surface area contributed by atoms with E-state index >= 15 is 0 Å². The predicted molar refractivity (Wildman–Crippen MR) is 75.0 cm³/mol. The molecule has 0 aliphatic rings. The molecule has 0 saturated carbocycles. The third kappa shape index (κ3) is 4.32. The van der Waals surface area contributed by atoms with E-state index in [0.717, 1.165) is 0 Å². The average Bonchev–Trinajstić information content (AvgIpc) is 2.39. The van der Waals surface area contributed by atoms with Gasteiger partial charge in [-0.15, -0.1) is 0 Å². The zero-order valence-electron chi connectivity index (χ0n) is 12.1. The van der Waals surface area contributed by atoms with Crippen molar-refractivity contribution in [1.29, 1.82) is 5.26 Å². The molecular formula is C15H20FN3O. The first-order valence-electron chi connectivity index (χ1n) is 6.54. The van der Waals surface area contributed by atoms with Gasteiger partial charge in [-0.25, -0.2) is 4.39 Å². The lowest BCUT2D eigenvalue weighted by Crippen LogP contribution is -2.42. The summed E-state index contributed by atoms with van der Waals surface area (Å²) in [5.74, 6) is -0.331. The van der Waals surface area contributed by atoms with Crippen molar-refractivity contribution in [2.75, 3.05) is 7.05 Å². The largest absolute Gasteiger partial charge is 0.340 e. The van der Waals surface area contributed by atoms with E-state index in [0.29, 0.717) is 23.5 Å². The van der Waals surface area contributed by atoms with Crippen molar-refractivity contribution < 1.29 is 9.18 Å². The maximum Gasteiger partial charge on any atom is 0.239 e. The van der Waals surface area contributed by atoms with E-state index in [9.17, 15) is 9.18 Å². The van der Waals surface area contributed by atoms with E-state index in [-0.39, 0.29) is 12.5 Å². The van der Waals surface area contributed by atoms with Gasteiger partial charge in [0.15, 0.2) is 0 Å². The van der Waals surface area contributed by atoms with Gasteiger partial charge in [-0.1, -0.05) is 13.8 Å². The van der Waals surface area contributed by atoms with Crippen LogP contribution in [0.2, 0.25) is 0 Å². The lowest BCUT2D eigenvalue weighted by Gasteiger charge is -2.22. The Kier molecular flexibility index (Phi) is 5.66. The van der Waals surface area contributed by atoms with Crippen molar-refractivity contribution in [2.45, 2.75) is 32.9 Å². The molecule has 1 amide bonds. The number of nitriles is 1. The van der Waals surface area contributed by atoms with Crippen LogP contribution in [0.1, 0.15) is 31.4 Å². The standard InChI is InChI=1S/C15H20FN3O/c1-10(2)6-14(18)15(20)19(3)9-12-7-11(8-17)4-5-13(12)16/h4-5,7,10,14H,6,9,18H2,1-3H3. The van der Waals surface area contributed by atoms with Gasteiger partial charge in [0.2, 0.25) is 5.91 Å². The lowest BCUT2D eigenvalue weighted by molar-refractivity contribution is -0.132. The van der Waals surface area contributed by atoms with Crippen LogP contribution in [0.25, 0.3) is 0 Å². The molecule has 20 heavy (non-hydrogen) atoms. The summed E-state index contributed by atoms with van der Waals surface area (Å²) >= 11 is 0. The second-order valence-corrected chi connectivity index (χ2v) is 5.35. The van der Waals surface area contributed by atoms with E-state index in [1.165, 1.54) is 23.1 Å². The summed E-state index contributed by atoms with van der Waals surface area (Å²) in [5.41, 5.74) is 6.52. The number of halogens is 1. The summed E-state index contributed by atoms with van der Waals surface area (Å²) in [5, 5.41) is 8.81. The SMILES string of the molecule is CC(C)CC(N)C(=O)N(C)Cc1cc(C#N)ccc1F. The normalized spacial score (nSPS) is 12.1. The Labute approximate surface area is 119 Å². The molecule has 0 aromatic heterocycles. The third-order valence-corrected chi connectivity index (χ3v) is 3.00. The van der Waals surface area contributed by atoms with Crippen LogP contribution in [0.3, 0.4) is 0 Å². The second kappa shape index (κ2) is 7.01. The molecule has 0 heterocycles. The van der Waals surface area contributed by atoms with Crippen LogP contribution < -0.4 is 5.73 Å². The minimum Gasteiger partial charge on any atom is -0.340 e. The molecule has 1 aromatic carbocycles. The molecule has 1 unspecified atom stereocenters. The summed E-state index contributed by atoms with van der Waals surface area (Å²) in [4.78, 5) is 13.5.